The number of benzene rings is 1. The van der Waals surface area contributed by atoms with Crippen LogP contribution in [-0.4, -0.2) is 18.4 Å². The van der Waals surface area contributed by atoms with E-state index in [2.05, 4.69) is 6.92 Å². The van der Waals surface area contributed by atoms with Gasteiger partial charge in [-0.05, 0) is 18.9 Å². The van der Waals surface area contributed by atoms with Crippen molar-refractivity contribution in [3.8, 4) is 0 Å². The standard InChI is InChI=1S/C14H18O3/c1-3-11-5-7-12(8-6-11)13(15)9-10-14(16)17-4-2/h5-8H,3-4,9-10H2,1-2H3. The monoisotopic (exact) mass is 234 g/mol. The van der Waals surface area contributed by atoms with Crippen molar-refractivity contribution in [1.82, 2.24) is 0 Å². The Labute approximate surface area is 102 Å². The second-order valence-corrected chi connectivity index (χ2v) is 3.78. The first kappa shape index (κ1) is 13.4. The van der Waals surface area contributed by atoms with Gasteiger partial charge in [0, 0.05) is 12.0 Å². The van der Waals surface area contributed by atoms with Gasteiger partial charge in [0.1, 0.15) is 0 Å². The summed E-state index contributed by atoms with van der Waals surface area (Å²) in [6.45, 7) is 4.18. The average Bonchev–Trinajstić information content (AvgIpc) is 2.36. The molecule has 0 unspecified atom stereocenters. The summed E-state index contributed by atoms with van der Waals surface area (Å²) in [7, 11) is 0. The highest BCUT2D eigenvalue weighted by atomic mass is 16.5. The van der Waals surface area contributed by atoms with Crippen LogP contribution in [0.4, 0.5) is 0 Å². The Hall–Kier alpha value is -1.64. The van der Waals surface area contributed by atoms with Crippen LogP contribution in [0.2, 0.25) is 0 Å². The largest absolute Gasteiger partial charge is 0.466 e. The number of ketones is 1. The van der Waals surface area contributed by atoms with Gasteiger partial charge in [0.15, 0.2) is 5.78 Å². The fraction of sp³-hybridized carbons (Fsp3) is 0.429. The van der Waals surface area contributed by atoms with Gasteiger partial charge in [-0.3, -0.25) is 9.59 Å². The zero-order valence-electron chi connectivity index (χ0n) is 10.4. The minimum Gasteiger partial charge on any atom is -0.466 e. The van der Waals surface area contributed by atoms with Crippen LogP contribution >= 0.6 is 0 Å². The molecular formula is C14H18O3. The molecule has 1 aromatic rings. The fourth-order valence-corrected chi connectivity index (χ4v) is 1.52. The highest BCUT2D eigenvalue weighted by Gasteiger charge is 2.09. The van der Waals surface area contributed by atoms with Gasteiger partial charge in [0.05, 0.1) is 13.0 Å². The second kappa shape index (κ2) is 6.84. The minimum atomic E-state index is -0.314. The minimum absolute atomic E-state index is 0.0132. The van der Waals surface area contributed by atoms with Crippen molar-refractivity contribution >= 4 is 11.8 Å². The second-order valence-electron chi connectivity index (χ2n) is 3.78. The number of carbonyl (C=O) groups is 2. The lowest BCUT2D eigenvalue weighted by atomic mass is 10.0. The Morgan fingerprint density at radius 1 is 1.06 bits per heavy atom. The van der Waals surface area contributed by atoms with Crippen LogP contribution in [-0.2, 0) is 16.0 Å². The fourth-order valence-electron chi connectivity index (χ4n) is 1.52. The number of aryl methyl sites for hydroxylation is 1. The first-order valence-electron chi connectivity index (χ1n) is 5.95. The van der Waals surface area contributed by atoms with E-state index in [1.807, 2.05) is 24.3 Å². The molecule has 0 radical (unpaired) electrons. The molecule has 1 aromatic carbocycles. The molecule has 0 saturated heterocycles. The van der Waals surface area contributed by atoms with Gasteiger partial charge in [-0.2, -0.15) is 0 Å². The Bertz CT molecular complexity index is 379. The van der Waals surface area contributed by atoms with E-state index in [0.29, 0.717) is 12.2 Å². The quantitative estimate of drug-likeness (QED) is 0.561. The molecule has 3 heteroatoms. The van der Waals surface area contributed by atoms with Crippen LogP contribution in [0.15, 0.2) is 24.3 Å². The predicted octanol–water partition coefficient (Wildman–Crippen LogP) is 2.78. The third kappa shape index (κ3) is 4.39. The smallest absolute Gasteiger partial charge is 0.306 e. The number of carbonyl (C=O) groups excluding carboxylic acids is 2. The van der Waals surface area contributed by atoms with Crippen LogP contribution < -0.4 is 0 Å². The van der Waals surface area contributed by atoms with E-state index < -0.39 is 0 Å². The van der Waals surface area contributed by atoms with Gasteiger partial charge in [0.25, 0.3) is 0 Å². The predicted molar refractivity (Wildman–Crippen MR) is 66.0 cm³/mol. The topological polar surface area (TPSA) is 43.4 Å². The van der Waals surface area contributed by atoms with Crippen LogP contribution in [0.5, 0.6) is 0 Å². The van der Waals surface area contributed by atoms with Gasteiger partial charge in [-0.25, -0.2) is 0 Å². The molecule has 17 heavy (non-hydrogen) atoms. The normalized spacial score (nSPS) is 10.0. The van der Waals surface area contributed by atoms with Crippen LogP contribution in [0.25, 0.3) is 0 Å². The summed E-state index contributed by atoms with van der Waals surface area (Å²) < 4.78 is 4.77. The molecule has 0 aromatic heterocycles. The molecule has 0 bridgehead atoms. The van der Waals surface area contributed by atoms with Crippen LogP contribution in [0.3, 0.4) is 0 Å². The molecule has 0 fully saturated rings. The number of hydrogen-bond acceptors (Lipinski definition) is 3. The van der Waals surface area contributed by atoms with E-state index in [4.69, 9.17) is 4.74 Å². The molecule has 0 aliphatic rings. The summed E-state index contributed by atoms with van der Waals surface area (Å²) in [5.41, 5.74) is 1.86. The molecule has 92 valence electrons. The van der Waals surface area contributed by atoms with Crippen molar-refractivity contribution < 1.29 is 14.3 Å². The SMILES string of the molecule is CCOC(=O)CCC(=O)c1ccc(CC)cc1. The van der Waals surface area contributed by atoms with Crippen molar-refractivity contribution in [3.05, 3.63) is 35.4 Å². The molecule has 0 heterocycles. The molecule has 0 atom stereocenters. The Kier molecular flexibility index (Phi) is 5.40. The summed E-state index contributed by atoms with van der Waals surface area (Å²) >= 11 is 0. The number of rotatable bonds is 6. The van der Waals surface area contributed by atoms with E-state index in [1.54, 1.807) is 6.92 Å². The van der Waals surface area contributed by atoms with Crippen molar-refractivity contribution in [2.45, 2.75) is 33.1 Å². The summed E-state index contributed by atoms with van der Waals surface area (Å²) in [6.07, 6.45) is 1.32. The van der Waals surface area contributed by atoms with Crippen LogP contribution in [0.1, 0.15) is 42.6 Å². The summed E-state index contributed by atoms with van der Waals surface area (Å²) in [5, 5.41) is 0. The molecule has 0 saturated carbocycles. The molecule has 0 aliphatic carbocycles. The van der Waals surface area contributed by atoms with E-state index >= 15 is 0 Å². The Balaban J connectivity index is 2.49. The highest BCUT2D eigenvalue weighted by molar-refractivity contribution is 5.97. The van der Waals surface area contributed by atoms with E-state index in [0.717, 1.165) is 6.42 Å². The van der Waals surface area contributed by atoms with Crippen molar-refractivity contribution in [2.75, 3.05) is 6.61 Å². The lowest BCUT2D eigenvalue weighted by molar-refractivity contribution is -0.143. The van der Waals surface area contributed by atoms with Crippen LogP contribution in [0, 0.1) is 0 Å². The third-order valence-electron chi connectivity index (χ3n) is 2.55. The maximum atomic E-state index is 11.7. The summed E-state index contributed by atoms with van der Waals surface area (Å²) in [4.78, 5) is 22.9. The molecular weight excluding hydrogens is 216 g/mol. The zero-order chi connectivity index (χ0) is 12.7. The van der Waals surface area contributed by atoms with Crippen molar-refractivity contribution in [2.24, 2.45) is 0 Å². The third-order valence-corrected chi connectivity index (χ3v) is 2.55. The van der Waals surface area contributed by atoms with E-state index in [-0.39, 0.29) is 24.6 Å². The maximum Gasteiger partial charge on any atom is 0.306 e. The van der Waals surface area contributed by atoms with Gasteiger partial charge in [0.2, 0.25) is 0 Å². The average molecular weight is 234 g/mol. The summed E-state index contributed by atoms with van der Waals surface area (Å²) in [6, 6.07) is 7.51. The molecule has 1 rings (SSSR count). The number of hydrogen-bond donors (Lipinski definition) is 0. The van der Waals surface area contributed by atoms with Crippen molar-refractivity contribution in [1.29, 1.82) is 0 Å². The van der Waals surface area contributed by atoms with E-state index in [1.165, 1.54) is 5.56 Å². The lowest BCUT2D eigenvalue weighted by Crippen LogP contribution is -2.07. The molecule has 0 aliphatic heterocycles. The van der Waals surface area contributed by atoms with E-state index in [9.17, 15) is 9.59 Å². The first-order valence-corrected chi connectivity index (χ1v) is 5.95. The van der Waals surface area contributed by atoms with Gasteiger partial charge in [-0.1, -0.05) is 31.2 Å². The number of ether oxygens (including phenoxy) is 1. The maximum absolute atomic E-state index is 11.7. The summed E-state index contributed by atoms with van der Waals surface area (Å²) in [5.74, 6) is -0.327. The molecule has 0 amide bonds. The van der Waals surface area contributed by atoms with Gasteiger partial charge in [-0.15, -0.1) is 0 Å². The highest BCUT2D eigenvalue weighted by Crippen LogP contribution is 2.09. The molecule has 0 N–H and O–H groups in total. The zero-order valence-corrected chi connectivity index (χ0v) is 10.4. The van der Waals surface area contributed by atoms with Crippen molar-refractivity contribution in [3.63, 3.8) is 0 Å². The first-order chi connectivity index (χ1) is 8.17. The molecule has 3 nitrogen and oxygen atoms in total. The Morgan fingerprint density at radius 3 is 2.24 bits per heavy atom. The number of esters is 1. The molecule has 0 spiro atoms. The Morgan fingerprint density at radius 2 is 1.71 bits per heavy atom. The van der Waals surface area contributed by atoms with Gasteiger partial charge >= 0.3 is 5.97 Å². The van der Waals surface area contributed by atoms with Gasteiger partial charge < -0.3 is 4.74 Å². The number of Topliss-reactive ketones (excluding diaryl/α,β-unsaturated/α-hetero) is 1. The lowest BCUT2D eigenvalue weighted by Gasteiger charge is -2.03.